The van der Waals surface area contributed by atoms with E-state index in [2.05, 4.69) is 10.2 Å². The second-order valence-corrected chi connectivity index (χ2v) is 8.36. The van der Waals surface area contributed by atoms with E-state index >= 15 is 0 Å². The summed E-state index contributed by atoms with van der Waals surface area (Å²) in [6.07, 6.45) is 6.23. The Hall–Kier alpha value is -0.810. The smallest absolute Gasteiger partial charge is 0.236 e. The normalized spacial score (nSPS) is 43.4. The van der Waals surface area contributed by atoms with Crippen LogP contribution in [-0.4, -0.2) is 60.4 Å². The standard InChI is InChI=1S/C18H27N3O2.ClH/c22-14-9-19-5-7-21(14)13-2-1-6-20(10-13)18(23)17-15-11-3-4-12(8-11)16(15)17;/h11-13,15-17,19H,1-10H2;1H. The number of hydrogen-bond acceptors (Lipinski definition) is 3. The highest BCUT2D eigenvalue weighted by Gasteiger charge is 2.68. The molecule has 2 aliphatic heterocycles. The number of fused-ring (bicyclic) bond motifs is 5. The van der Waals surface area contributed by atoms with E-state index in [0.29, 0.717) is 18.4 Å². The zero-order valence-corrected chi connectivity index (χ0v) is 15.0. The molecule has 5 unspecified atom stereocenters. The van der Waals surface area contributed by atoms with Gasteiger partial charge in [-0.15, -0.1) is 12.4 Å². The molecule has 5 rings (SSSR count). The van der Waals surface area contributed by atoms with Crippen LogP contribution in [0, 0.1) is 29.6 Å². The molecule has 5 fully saturated rings. The van der Waals surface area contributed by atoms with Crippen molar-refractivity contribution in [1.82, 2.24) is 15.1 Å². The van der Waals surface area contributed by atoms with Crippen LogP contribution < -0.4 is 5.32 Å². The van der Waals surface area contributed by atoms with Crippen LogP contribution in [0.25, 0.3) is 0 Å². The molecule has 3 saturated carbocycles. The molecule has 5 aliphatic rings. The summed E-state index contributed by atoms with van der Waals surface area (Å²) in [5, 5.41) is 3.14. The topological polar surface area (TPSA) is 52.7 Å². The lowest BCUT2D eigenvalue weighted by atomic mass is 9.99. The number of hydrogen-bond donors (Lipinski definition) is 1. The molecule has 24 heavy (non-hydrogen) atoms. The zero-order chi connectivity index (χ0) is 15.6. The van der Waals surface area contributed by atoms with Crippen molar-refractivity contribution in [2.75, 3.05) is 32.7 Å². The van der Waals surface area contributed by atoms with E-state index < -0.39 is 0 Å². The molecular weight excluding hydrogens is 326 g/mol. The average Bonchev–Trinajstić information content (AvgIpc) is 3.01. The molecule has 134 valence electrons. The third kappa shape index (κ3) is 2.47. The van der Waals surface area contributed by atoms with Gasteiger partial charge in [0.2, 0.25) is 11.8 Å². The minimum atomic E-state index is 0. The summed E-state index contributed by atoms with van der Waals surface area (Å²) in [6, 6.07) is 0.248. The highest BCUT2D eigenvalue weighted by Crippen LogP contribution is 2.69. The van der Waals surface area contributed by atoms with E-state index in [-0.39, 0.29) is 24.4 Å². The molecule has 2 heterocycles. The lowest BCUT2D eigenvalue weighted by Crippen LogP contribution is -2.57. The van der Waals surface area contributed by atoms with Gasteiger partial charge in [-0.3, -0.25) is 9.59 Å². The third-order valence-corrected chi connectivity index (χ3v) is 7.30. The van der Waals surface area contributed by atoms with Gasteiger partial charge in [-0.2, -0.15) is 0 Å². The van der Waals surface area contributed by atoms with Crippen molar-refractivity contribution in [1.29, 1.82) is 0 Å². The number of rotatable bonds is 2. The Morgan fingerprint density at radius 1 is 1.08 bits per heavy atom. The van der Waals surface area contributed by atoms with Crippen molar-refractivity contribution in [3.63, 3.8) is 0 Å². The van der Waals surface area contributed by atoms with Crippen molar-refractivity contribution in [2.45, 2.75) is 38.1 Å². The van der Waals surface area contributed by atoms with Gasteiger partial charge >= 0.3 is 0 Å². The summed E-state index contributed by atoms with van der Waals surface area (Å²) in [4.78, 5) is 29.3. The Bertz CT molecular complexity index is 526. The van der Waals surface area contributed by atoms with Crippen LogP contribution >= 0.6 is 12.4 Å². The molecule has 5 nitrogen and oxygen atoms in total. The monoisotopic (exact) mass is 353 g/mol. The van der Waals surface area contributed by atoms with E-state index in [1.807, 2.05) is 4.90 Å². The Morgan fingerprint density at radius 2 is 1.83 bits per heavy atom. The summed E-state index contributed by atoms with van der Waals surface area (Å²) < 4.78 is 0. The van der Waals surface area contributed by atoms with Crippen LogP contribution in [0.1, 0.15) is 32.1 Å². The molecule has 1 N–H and O–H groups in total. The second kappa shape index (κ2) is 6.17. The summed E-state index contributed by atoms with van der Waals surface area (Å²) in [5.41, 5.74) is 0. The van der Waals surface area contributed by atoms with Gasteiger partial charge in [0.1, 0.15) is 0 Å². The number of carbonyl (C=O) groups excluding carboxylic acids is 2. The molecule has 0 spiro atoms. The predicted octanol–water partition coefficient (Wildman–Crippen LogP) is 1.12. The first kappa shape index (κ1) is 16.6. The highest BCUT2D eigenvalue weighted by molar-refractivity contribution is 5.85. The van der Waals surface area contributed by atoms with Gasteiger partial charge < -0.3 is 15.1 Å². The Labute approximate surface area is 149 Å². The van der Waals surface area contributed by atoms with Crippen LogP contribution in [-0.2, 0) is 9.59 Å². The SMILES string of the molecule is Cl.O=C(C1C2C3CCC(C3)C12)N1CCCC(N2CCNCC2=O)C1. The fourth-order valence-corrected chi connectivity index (χ4v) is 6.28. The van der Waals surface area contributed by atoms with E-state index in [1.54, 1.807) is 0 Å². The van der Waals surface area contributed by atoms with Gasteiger partial charge in [0.15, 0.2) is 0 Å². The highest BCUT2D eigenvalue weighted by atomic mass is 35.5. The Morgan fingerprint density at radius 3 is 2.54 bits per heavy atom. The van der Waals surface area contributed by atoms with E-state index in [4.69, 9.17) is 0 Å². The molecule has 0 radical (unpaired) electrons. The van der Waals surface area contributed by atoms with Gasteiger partial charge in [-0.05, 0) is 55.8 Å². The number of halogens is 1. The lowest BCUT2D eigenvalue weighted by Gasteiger charge is -2.41. The number of amides is 2. The van der Waals surface area contributed by atoms with Crippen molar-refractivity contribution < 1.29 is 9.59 Å². The quantitative estimate of drug-likeness (QED) is 0.809. The largest absolute Gasteiger partial charge is 0.340 e. The molecule has 0 aromatic carbocycles. The minimum absolute atomic E-state index is 0. The van der Waals surface area contributed by atoms with Crippen molar-refractivity contribution in [3.8, 4) is 0 Å². The molecule has 5 atom stereocenters. The molecule has 2 saturated heterocycles. The van der Waals surface area contributed by atoms with Gasteiger partial charge in [-0.1, -0.05) is 0 Å². The first-order valence-corrected chi connectivity index (χ1v) is 9.53. The molecule has 0 aromatic rings. The summed E-state index contributed by atoms with van der Waals surface area (Å²) in [5.74, 6) is 4.13. The molecule has 3 aliphatic carbocycles. The maximum atomic E-state index is 13.0. The average molecular weight is 354 g/mol. The van der Waals surface area contributed by atoms with Crippen LogP contribution in [0.4, 0.5) is 0 Å². The van der Waals surface area contributed by atoms with Crippen LogP contribution in [0.5, 0.6) is 0 Å². The Balaban J connectivity index is 0.00000146. The molecule has 2 amide bonds. The van der Waals surface area contributed by atoms with Crippen LogP contribution in [0.15, 0.2) is 0 Å². The van der Waals surface area contributed by atoms with Crippen molar-refractivity contribution in [3.05, 3.63) is 0 Å². The van der Waals surface area contributed by atoms with Crippen molar-refractivity contribution in [2.24, 2.45) is 29.6 Å². The van der Waals surface area contributed by atoms with Gasteiger partial charge in [0.05, 0.1) is 6.54 Å². The predicted molar refractivity (Wildman–Crippen MR) is 92.7 cm³/mol. The van der Waals surface area contributed by atoms with Crippen LogP contribution in [0.2, 0.25) is 0 Å². The number of piperidine rings is 1. The maximum absolute atomic E-state index is 13.0. The fraction of sp³-hybridized carbons (Fsp3) is 0.889. The van der Waals surface area contributed by atoms with Gasteiger partial charge in [0.25, 0.3) is 0 Å². The molecule has 2 bridgehead atoms. The minimum Gasteiger partial charge on any atom is -0.340 e. The first-order valence-electron chi connectivity index (χ1n) is 9.53. The fourth-order valence-electron chi connectivity index (χ4n) is 6.28. The van der Waals surface area contributed by atoms with Gasteiger partial charge in [0, 0.05) is 38.1 Å². The Kier molecular flexibility index (Phi) is 4.28. The van der Waals surface area contributed by atoms with Crippen molar-refractivity contribution >= 4 is 24.2 Å². The number of likely N-dealkylation sites (tertiary alicyclic amines) is 1. The second-order valence-electron chi connectivity index (χ2n) is 8.36. The first-order chi connectivity index (χ1) is 11.2. The molecular formula is C18H28ClN3O2. The van der Waals surface area contributed by atoms with E-state index in [9.17, 15) is 9.59 Å². The molecule has 0 aromatic heterocycles. The lowest BCUT2D eigenvalue weighted by molar-refractivity contribution is -0.141. The summed E-state index contributed by atoms with van der Waals surface area (Å²) >= 11 is 0. The molecule has 6 heteroatoms. The van der Waals surface area contributed by atoms with Gasteiger partial charge in [-0.25, -0.2) is 0 Å². The zero-order valence-electron chi connectivity index (χ0n) is 14.2. The third-order valence-electron chi connectivity index (χ3n) is 7.30. The van der Waals surface area contributed by atoms with Crippen LogP contribution in [0.3, 0.4) is 0 Å². The summed E-state index contributed by atoms with van der Waals surface area (Å²) in [7, 11) is 0. The maximum Gasteiger partial charge on any atom is 0.236 e. The number of nitrogens with zero attached hydrogens (tertiary/aromatic N) is 2. The van der Waals surface area contributed by atoms with E-state index in [1.165, 1.54) is 19.3 Å². The van der Waals surface area contributed by atoms with E-state index in [0.717, 1.165) is 62.7 Å². The number of piperazine rings is 1. The number of nitrogens with one attached hydrogen (secondary N) is 1. The number of carbonyl (C=O) groups is 2. The summed E-state index contributed by atoms with van der Waals surface area (Å²) in [6.45, 7) is 3.81.